The number of ether oxygens (including phenoxy) is 1. The van der Waals surface area contributed by atoms with Crippen LogP contribution < -0.4 is 11.1 Å². The van der Waals surface area contributed by atoms with Gasteiger partial charge < -0.3 is 21.2 Å². The van der Waals surface area contributed by atoms with Gasteiger partial charge in [-0.15, -0.1) is 5.10 Å². The monoisotopic (exact) mass is 359 g/mol. The number of aryl methyl sites for hydroxylation is 1. The van der Waals surface area contributed by atoms with Crippen LogP contribution in [0.4, 0.5) is 0 Å². The lowest BCUT2D eigenvalue weighted by Gasteiger charge is -2.23. The van der Waals surface area contributed by atoms with Crippen LogP contribution in [-0.2, 0) is 22.7 Å². The maximum absolute atomic E-state index is 12.3. The Morgan fingerprint density at radius 3 is 2.81 bits per heavy atom. The number of benzene rings is 1. The quantitative estimate of drug-likeness (QED) is 0.538. The number of rotatable bonds is 10. The van der Waals surface area contributed by atoms with Gasteiger partial charge in [-0.25, -0.2) is 4.68 Å². The molecule has 9 heteroatoms. The van der Waals surface area contributed by atoms with Crippen LogP contribution in [0.1, 0.15) is 37.7 Å². The fourth-order valence-electron chi connectivity index (χ4n) is 2.20. The van der Waals surface area contributed by atoms with E-state index in [1.54, 1.807) is 18.5 Å². The molecule has 0 aliphatic heterocycles. The van der Waals surface area contributed by atoms with Gasteiger partial charge >= 0.3 is 0 Å². The minimum atomic E-state index is -1.04. The summed E-state index contributed by atoms with van der Waals surface area (Å²) in [5.74, 6) is 0.143. The summed E-state index contributed by atoms with van der Waals surface area (Å²) in [6, 6.07) is 9.19. The molecule has 0 aliphatic carbocycles. The van der Waals surface area contributed by atoms with Gasteiger partial charge in [0.05, 0.1) is 18.8 Å². The van der Waals surface area contributed by atoms with E-state index < -0.39 is 11.6 Å². The molecule has 2 rings (SSSR count). The third kappa shape index (κ3) is 5.71. The molecule has 0 fully saturated rings. The Kier molecular flexibility index (Phi) is 6.93. The normalized spacial score (nSPS) is 12.6. The average molecular weight is 359 g/mol. The van der Waals surface area contributed by atoms with Crippen molar-refractivity contribution >= 4 is 12.1 Å². The average Bonchev–Trinajstić information content (AvgIpc) is 3.07. The summed E-state index contributed by atoms with van der Waals surface area (Å²) in [7, 11) is 0. The van der Waals surface area contributed by atoms with E-state index in [1.165, 1.54) is 6.21 Å². The van der Waals surface area contributed by atoms with Gasteiger partial charge in [0.1, 0.15) is 6.04 Å². The van der Waals surface area contributed by atoms with Gasteiger partial charge in [0.25, 0.3) is 0 Å². The zero-order chi connectivity index (χ0) is 19.0. The lowest BCUT2D eigenvalue weighted by atomic mass is 10.1. The van der Waals surface area contributed by atoms with Crippen molar-refractivity contribution in [2.75, 3.05) is 6.61 Å². The zero-order valence-corrected chi connectivity index (χ0v) is 15.1. The van der Waals surface area contributed by atoms with E-state index in [-0.39, 0.29) is 12.5 Å². The van der Waals surface area contributed by atoms with Crippen molar-refractivity contribution < 1.29 is 9.53 Å². The molecular weight excluding hydrogens is 334 g/mol. The van der Waals surface area contributed by atoms with E-state index in [2.05, 4.69) is 20.8 Å². The Labute approximate surface area is 152 Å². The number of nitrogens with one attached hydrogen (secondary N) is 2. The molecule has 0 saturated carbocycles. The molecular formula is C17H25N7O2. The van der Waals surface area contributed by atoms with Crippen LogP contribution in [0, 0.1) is 5.41 Å². The summed E-state index contributed by atoms with van der Waals surface area (Å²) in [5, 5.41) is 21.6. The number of tetrazole rings is 1. The van der Waals surface area contributed by atoms with Crippen molar-refractivity contribution in [2.45, 2.75) is 45.0 Å². The number of amides is 1. The molecule has 0 spiro atoms. The van der Waals surface area contributed by atoms with Crippen LogP contribution in [0.2, 0.25) is 0 Å². The van der Waals surface area contributed by atoms with E-state index in [4.69, 9.17) is 15.9 Å². The summed E-state index contributed by atoms with van der Waals surface area (Å²) in [5.41, 5.74) is 5.87. The molecule has 0 saturated heterocycles. The number of carbonyl (C=O) groups is 1. The van der Waals surface area contributed by atoms with Gasteiger partial charge in [-0.2, -0.15) is 0 Å². The first-order valence-electron chi connectivity index (χ1n) is 8.38. The number of aromatic nitrogens is 4. The molecule has 140 valence electrons. The number of carbonyl (C=O) groups excluding carboxylic acids is 1. The SMILES string of the molecule is CC(C)(N)C(=O)N[C@H](COCc1ccccc1)c1nnnn1CCC=N. The number of nitrogens with zero attached hydrogens (tertiary/aromatic N) is 4. The predicted octanol–water partition coefficient (Wildman–Crippen LogP) is 0.824. The first-order valence-corrected chi connectivity index (χ1v) is 8.38. The molecule has 0 radical (unpaired) electrons. The first-order chi connectivity index (χ1) is 12.4. The highest BCUT2D eigenvalue weighted by Gasteiger charge is 2.28. The summed E-state index contributed by atoms with van der Waals surface area (Å²) in [4.78, 5) is 12.3. The highest BCUT2D eigenvalue weighted by molar-refractivity contribution is 5.85. The van der Waals surface area contributed by atoms with Gasteiger partial charge in [-0.05, 0) is 36.1 Å². The molecule has 0 bridgehead atoms. The number of hydrogen-bond acceptors (Lipinski definition) is 7. The third-order valence-corrected chi connectivity index (χ3v) is 3.64. The molecule has 1 amide bonds. The van der Waals surface area contributed by atoms with E-state index >= 15 is 0 Å². The minimum Gasteiger partial charge on any atom is -0.374 e. The first kappa shape index (κ1) is 19.7. The second-order valence-corrected chi connectivity index (χ2v) is 6.50. The maximum Gasteiger partial charge on any atom is 0.240 e. The Bertz CT molecular complexity index is 709. The van der Waals surface area contributed by atoms with Crippen LogP contribution in [0.25, 0.3) is 0 Å². The highest BCUT2D eigenvalue weighted by Crippen LogP contribution is 2.13. The van der Waals surface area contributed by atoms with Crippen LogP contribution in [0.3, 0.4) is 0 Å². The topological polar surface area (TPSA) is 132 Å². The molecule has 26 heavy (non-hydrogen) atoms. The standard InChI is InChI=1S/C17H25N7O2/c1-17(2,19)16(25)20-14(12-26-11-13-7-4-3-5-8-13)15-21-22-23-24(15)10-6-9-18/h3-5,7-9,14,18H,6,10-12,19H2,1-2H3,(H,20,25)/t14-/m1/s1. The van der Waals surface area contributed by atoms with Gasteiger partial charge in [-0.3, -0.25) is 4.79 Å². The molecule has 1 atom stereocenters. The lowest BCUT2D eigenvalue weighted by Crippen LogP contribution is -2.51. The van der Waals surface area contributed by atoms with Crippen molar-refractivity contribution in [3.05, 3.63) is 41.7 Å². The van der Waals surface area contributed by atoms with Crippen molar-refractivity contribution in [1.29, 1.82) is 5.41 Å². The molecule has 1 aromatic carbocycles. The summed E-state index contributed by atoms with van der Waals surface area (Å²) < 4.78 is 7.33. The Morgan fingerprint density at radius 1 is 1.42 bits per heavy atom. The van der Waals surface area contributed by atoms with E-state index in [0.717, 1.165) is 5.56 Å². The molecule has 2 aromatic rings. The molecule has 4 N–H and O–H groups in total. The predicted molar refractivity (Wildman–Crippen MR) is 96.5 cm³/mol. The fraction of sp³-hybridized carbons (Fsp3) is 0.471. The minimum absolute atomic E-state index is 0.196. The smallest absolute Gasteiger partial charge is 0.240 e. The van der Waals surface area contributed by atoms with Crippen LogP contribution in [0.5, 0.6) is 0 Å². The lowest BCUT2D eigenvalue weighted by molar-refractivity contribution is -0.126. The zero-order valence-electron chi connectivity index (χ0n) is 15.1. The molecule has 1 heterocycles. The number of hydrogen-bond donors (Lipinski definition) is 3. The summed E-state index contributed by atoms with van der Waals surface area (Å²) in [6.45, 7) is 4.30. The van der Waals surface area contributed by atoms with E-state index in [9.17, 15) is 4.79 Å². The Morgan fingerprint density at radius 2 is 2.15 bits per heavy atom. The van der Waals surface area contributed by atoms with Crippen molar-refractivity contribution in [1.82, 2.24) is 25.5 Å². The second-order valence-electron chi connectivity index (χ2n) is 6.50. The molecule has 1 aromatic heterocycles. The highest BCUT2D eigenvalue weighted by atomic mass is 16.5. The van der Waals surface area contributed by atoms with Gasteiger partial charge in [0.2, 0.25) is 5.91 Å². The van der Waals surface area contributed by atoms with E-state index in [0.29, 0.717) is 25.4 Å². The van der Waals surface area contributed by atoms with Crippen LogP contribution in [-0.4, -0.2) is 44.5 Å². The fourth-order valence-corrected chi connectivity index (χ4v) is 2.20. The van der Waals surface area contributed by atoms with Crippen LogP contribution >= 0.6 is 0 Å². The van der Waals surface area contributed by atoms with Gasteiger partial charge in [-0.1, -0.05) is 30.3 Å². The van der Waals surface area contributed by atoms with Crippen molar-refractivity contribution in [3.63, 3.8) is 0 Å². The molecule has 9 nitrogen and oxygen atoms in total. The van der Waals surface area contributed by atoms with Crippen molar-refractivity contribution in [2.24, 2.45) is 5.73 Å². The summed E-state index contributed by atoms with van der Waals surface area (Å²) in [6.07, 6.45) is 1.78. The van der Waals surface area contributed by atoms with Crippen molar-refractivity contribution in [3.8, 4) is 0 Å². The van der Waals surface area contributed by atoms with Crippen LogP contribution in [0.15, 0.2) is 30.3 Å². The molecule has 0 aliphatic rings. The third-order valence-electron chi connectivity index (χ3n) is 3.64. The summed E-state index contributed by atoms with van der Waals surface area (Å²) >= 11 is 0. The Balaban J connectivity index is 2.09. The second kappa shape index (κ2) is 9.16. The Hall–Kier alpha value is -2.65. The largest absolute Gasteiger partial charge is 0.374 e. The van der Waals surface area contributed by atoms with Gasteiger partial charge in [0.15, 0.2) is 5.82 Å². The van der Waals surface area contributed by atoms with E-state index in [1.807, 2.05) is 30.3 Å². The maximum atomic E-state index is 12.3. The number of nitrogens with two attached hydrogens (primary N) is 1. The molecule has 0 unspecified atom stereocenters. The van der Waals surface area contributed by atoms with Gasteiger partial charge in [0, 0.05) is 13.0 Å².